The van der Waals surface area contributed by atoms with Gasteiger partial charge < -0.3 is 10.1 Å². The Morgan fingerprint density at radius 1 is 1.16 bits per heavy atom. The molecule has 1 N–H and O–H groups in total. The molecule has 160 valence electrons. The quantitative estimate of drug-likeness (QED) is 0.326. The average molecular weight is 439 g/mol. The lowest BCUT2D eigenvalue weighted by atomic mass is 10.0. The lowest BCUT2D eigenvalue weighted by Gasteiger charge is -2.09. The fraction of sp³-hybridized carbons (Fsp3) is 0.227. The van der Waals surface area contributed by atoms with Crippen LogP contribution in [0.4, 0.5) is 10.7 Å². The lowest BCUT2D eigenvalue weighted by Crippen LogP contribution is -2.16. The van der Waals surface area contributed by atoms with Crippen molar-refractivity contribution in [3.05, 3.63) is 73.9 Å². The van der Waals surface area contributed by atoms with Crippen molar-refractivity contribution in [3.8, 4) is 11.1 Å². The Kier molecular flexibility index (Phi) is 6.45. The number of nitro groups is 1. The Bertz CT molecular complexity index is 1150. The van der Waals surface area contributed by atoms with E-state index in [1.165, 1.54) is 23.5 Å². The van der Waals surface area contributed by atoms with Gasteiger partial charge in [0.25, 0.3) is 11.6 Å². The number of nitrogens with one attached hydrogen (secondary N) is 1. The van der Waals surface area contributed by atoms with Gasteiger partial charge in [0.15, 0.2) is 0 Å². The number of ether oxygens (including phenoxy) is 1. The molecule has 0 radical (unpaired) electrons. The van der Waals surface area contributed by atoms with Gasteiger partial charge in [0.1, 0.15) is 16.3 Å². The fourth-order valence-electron chi connectivity index (χ4n) is 3.25. The van der Waals surface area contributed by atoms with Crippen LogP contribution in [0.3, 0.4) is 0 Å². The third-order valence-electron chi connectivity index (χ3n) is 4.49. The number of thiophene rings is 1. The Balaban J connectivity index is 2.06. The zero-order valence-electron chi connectivity index (χ0n) is 17.5. The number of nitro benzene ring substituents is 1. The van der Waals surface area contributed by atoms with E-state index in [4.69, 9.17) is 4.74 Å². The molecular formula is C22H21N3O5S. The first-order chi connectivity index (χ1) is 14.7. The van der Waals surface area contributed by atoms with Crippen molar-refractivity contribution in [2.75, 3.05) is 11.9 Å². The summed E-state index contributed by atoms with van der Waals surface area (Å²) in [6.07, 6.45) is 0. The molecule has 3 aromatic rings. The van der Waals surface area contributed by atoms with Crippen molar-refractivity contribution in [3.63, 3.8) is 0 Å². The number of carbonyl (C=O) groups is 2. The van der Waals surface area contributed by atoms with Crippen LogP contribution in [-0.2, 0) is 4.74 Å². The van der Waals surface area contributed by atoms with Gasteiger partial charge in [0.2, 0.25) is 0 Å². The Morgan fingerprint density at radius 3 is 2.42 bits per heavy atom. The molecule has 0 fully saturated rings. The van der Waals surface area contributed by atoms with Gasteiger partial charge in [0, 0.05) is 28.3 Å². The highest BCUT2D eigenvalue weighted by Crippen LogP contribution is 2.41. The van der Waals surface area contributed by atoms with E-state index in [-0.39, 0.29) is 23.6 Å². The molecule has 8 nitrogen and oxygen atoms in total. The summed E-state index contributed by atoms with van der Waals surface area (Å²) in [6, 6.07) is 9.44. The largest absolute Gasteiger partial charge is 0.462 e. The minimum absolute atomic E-state index is 0.0521. The summed E-state index contributed by atoms with van der Waals surface area (Å²) in [4.78, 5) is 41.1. The second kappa shape index (κ2) is 9.05. The molecule has 0 bridgehead atoms. The summed E-state index contributed by atoms with van der Waals surface area (Å²) in [5, 5.41) is 14.1. The van der Waals surface area contributed by atoms with E-state index < -0.39 is 16.8 Å². The number of aromatic nitrogens is 1. The van der Waals surface area contributed by atoms with E-state index >= 15 is 0 Å². The number of rotatable bonds is 6. The van der Waals surface area contributed by atoms with E-state index in [0.717, 1.165) is 10.4 Å². The van der Waals surface area contributed by atoms with E-state index in [1.54, 1.807) is 32.0 Å². The summed E-state index contributed by atoms with van der Waals surface area (Å²) >= 11 is 1.24. The number of benzene rings is 1. The third kappa shape index (κ3) is 4.77. The van der Waals surface area contributed by atoms with Gasteiger partial charge in [-0.2, -0.15) is 0 Å². The average Bonchev–Trinajstić information content (AvgIpc) is 3.03. The van der Waals surface area contributed by atoms with E-state index in [2.05, 4.69) is 10.3 Å². The molecule has 0 aliphatic rings. The summed E-state index contributed by atoms with van der Waals surface area (Å²) in [5.41, 5.74) is 3.21. The van der Waals surface area contributed by atoms with Crippen LogP contribution in [0, 0.1) is 30.9 Å². The molecule has 0 atom stereocenters. The minimum Gasteiger partial charge on any atom is -0.462 e. The molecule has 2 aromatic heterocycles. The smallest absolute Gasteiger partial charge is 0.341 e. The molecule has 0 saturated carbocycles. The second-order valence-electron chi connectivity index (χ2n) is 6.89. The fourth-order valence-corrected chi connectivity index (χ4v) is 4.31. The van der Waals surface area contributed by atoms with Crippen molar-refractivity contribution in [1.82, 2.24) is 4.98 Å². The molecule has 0 spiro atoms. The maximum absolute atomic E-state index is 12.8. The number of anilines is 1. The molecular weight excluding hydrogens is 418 g/mol. The van der Waals surface area contributed by atoms with Crippen molar-refractivity contribution in [1.29, 1.82) is 0 Å². The van der Waals surface area contributed by atoms with Gasteiger partial charge in [0.05, 0.1) is 11.5 Å². The first-order valence-corrected chi connectivity index (χ1v) is 10.3. The first-order valence-electron chi connectivity index (χ1n) is 9.53. The molecule has 2 heterocycles. The molecule has 31 heavy (non-hydrogen) atoms. The number of aryl methyl sites for hydroxylation is 3. The van der Waals surface area contributed by atoms with Crippen LogP contribution in [0.15, 0.2) is 36.4 Å². The van der Waals surface area contributed by atoms with Crippen LogP contribution in [0.25, 0.3) is 11.1 Å². The highest BCUT2D eigenvalue weighted by Gasteiger charge is 2.26. The van der Waals surface area contributed by atoms with Gasteiger partial charge in [-0.05, 0) is 63.1 Å². The Morgan fingerprint density at radius 2 is 1.84 bits per heavy atom. The molecule has 0 unspecified atom stereocenters. The zero-order chi connectivity index (χ0) is 22.7. The third-order valence-corrected chi connectivity index (χ3v) is 5.51. The van der Waals surface area contributed by atoms with Crippen LogP contribution >= 0.6 is 11.3 Å². The number of esters is 1. The van der Waals surface area contributed by atoms with Crippen LogP contribution in [0.1, 0.15) is 43.9 Å². The van der Waals surface area contributed by atoms with Crippen LogP contribution in [-0.4, -0.2) is 28.4 Å². The standard InChI is InChI=1S/C22H21N3O5S/c1-5-30-22(27)19-18(15-6-8-16(9-7-15)25(28)29)14(4)31-21(19)24-20(26)17-11-12(2)10-13(3)23-17/h6-11H,5H2,1-4H3,(H,24,26). The van der Waals surface area contributed by atoms with Crippen molar-refractivity contribution in [2.45, 2.75) is 27.7 Å². The van der Waals surface area contributed by atoms with Gasteiger partial charge in [-0.15, -0.1) is 11.3 Å². The highest BCUT2D eigenvalue weighted by molar-refractivity contribution is 7.17. The maximum atomic E-state index is 12.8. The molecule has 1 amide bonds. The molecule has 0 aliphatic heterocycles. The predicted molar refractivity (Wildman–Crippen MR) is 119 cm³/mol. The van der Waals surface area contributed by atoms with E-state index in [0.29, 0.717) is 21.8 Å². The second-order valence-corrected chi connectivity index (χ2v) is 8.11. The topological polar surface area (TPSA) is 111 Å². The van der Waals surface area contributed by atoms with Crippen LogP contribution in [0.5, 0.6) is 0 Å². The number of hydrogen-bond acceptors (Lipinski definition) is 7. The summed E-state index contributed by atoms with van der Waals surface area (Å²) < 4.78 is 5.22. The monoisotopic (exact) mass is 439 g/mol. The SMILES string of the molecule is CCOC(=O)c1c(NC(=O)c2cc(C)cc(C)n2)sc(C)c1-c1ccc([N+](=O)[O-])cc1. The zero-order valence-corrected chi connectivity index (χ0v) is 18.3. The highest BCUT2D eigenvalue weighted by atomic mass is 32.1. The minimum atomic E-state index is -0.580. The number of carbonyl (C=O) groups excluding carboxylic acids is 2. The van der Waals surface area contributed by atoms with Crippen molar-refractivity contribution in [2.24, 2.45) is 0 Å². The molecule has 1 aromatic carbocycles. The molecule has 9 heteroatoms. The summed E-state index contributed by atoms with van der Waals surface area (Å²) in [7, 11) is 0. The van der Waals surface area contributed by atoms with Gasteiger partial charge in [-0.3, -0.25) is 14.9 Å². The first kappa shape index (κ1) is 22.1. The predicted octanol–water partition coefficient (Wildman–Crippen LogP) is 5.07. The number of amides is 1. The van der Waals surface area contributed by atoms with Crippen molar-refractivity contribution < 1.29 is 19.2 Å². The maximum Gasteiger partial charge on any atom is 0.341 e. The molecule has 3 rings (SSSR count). The van der Waals surface area contributed by atoms with Crippen LogP contribution in [0.2, 0.25) is 0 Å². The van der Waals surface area contributed by atoms with E-state index in [9.17, 15) is 19.7 Å². The number of pyridine rings is 1. The molecule has 0 aliphatic carbocycles. The number of nitrogens with zero attached hydrogens (tertiary/aromatic N) is 2. The van der Waals surface area contributed by atoms with Crippen LogP contribution < -0.4 is 5.32 Å². The summed E-state index contributed by atoms with van der Waals surface area (Å²) in [6.45, 7) is 7.35. The lowest BCUT2D eigenvalue weighted by molar-refractivity contribution is -0.384. The normalized spacial score (nSPS) is 10.6. The van der Waals surface area contributed by atoms with Gasteiger partial charge in [-0.25, -0.2) is 9.78 Å². The Hall–Kier alpha value is -3.59. The Labute approximate surface area is 183 Å². The number of non-ortho nitro benzene ring substituents is 1. The molecule has 0 saturated heterocycles. The summed E-state index contributed by atoms with van der Waals surface area (Å²) in [5.74, 6) is -1.02. The van der Waals surface area contributed by atoms with E-state index in [1.807, 2.05) is 19.9 Å². The van der Waals surface area contributed by atoms with Gasteiger partial charge >= 0.3 is 5.97 Å². The van der Waals surface area contributed by atoms with Gasteiger partial charge in [-0.1, -0.05) is 0 Å². The van der Waals surface area contributed by atoms with Crippen molar-refractivity contribution >= 4 is 33.9 Å². The number of hydrogen-bond donors (Lipinski definition) is 1.